The average Bonchev–Trinajstić information content (AvgIpc) is 2.39. The Morgan fingerprint density at radius 2 is 2.11 bits per heavy atom. The predicted molar refractivity (Wildman–Crippen MR) is 73.5 cm³/mol. The maximum Gasteiger partial charge on any atom is 0.0727 e. The highest BCUT2D eigenvalue weighted by atomic mass is 16.3. The average molecular weight is 248 g/mol. The zero-order chi connectivity index (χ0) is 12.8. The van der Waals surface area contributed by atoms with Gasteiger partial charge in [0.2, 0.25) is 0 Å². The van der Waals surface area contributed by atoms with E-state index >= 15 is 0 Å². The molecule has 0 radical (unpaired) electrons. The van der Waals surface area contributed by atoms with E-state index in [0.29, 0.717) is 6.42 Å². The Morgan fingerprint density at radius 1 is 1.33 bits per heavy atom. The summed E-state index contributed by atoms with van der Waals surface area (Å²) in [5.74, 6) is 0. The Balaban J connectivity index is 1.83. The fraction of sp³-hybridized carbons (Fsp3) is 0.667. The summed E-state index contributed by atoms with van der Waals surface area (Å²) in [6.45, 7) is 5.43. The molecule has 3 nitrogen and oxygen atoms in total. The second-order valence-corrected chi connectivity index (χ2v) is 5.42. The van der Waals surface area contributed by atoms with Crippen LogP contribution in [0.4, 0.5) is 0 Å². The van der Waals surface area contributed by atoms with E-state index in [1.54, 1.807) is 6.20 Å². The molecule has 1 aromatic rings. The van der Waals surface area contributed by atoms with Gasteiger partial charge in [0.1, 0.15) is 0 Å². The minimum Gasteiger partial charge on any atom is -0.389 e. The summed E-state index contributed by atoms with van der Waals surface area (Å²) in [6.07, 6.45) is 6.73. The van der Waals surface area contributed by atoms with Gasteiger partial charge >= 0.3 is 0 Å². The Kier molecular flexibility index (Phi) is 4.72. The number of pyridine rings is 1. The first-order chi connectivity index (χ1) is 8.72. The lowest BCUT2D eigenvalue weighted by Crippen LogP contribution is -2.46. The molecule has 0 amide bonds. The van der Waals surface area contributed by atoms with Crippen molar-refractivity contribution in [2.24, 2.45) is 0 Å². The summed E-state index contributed by atoms with van der Waals surface area (Å²) in [5, 5.41) is 10.6. The molecule has 0 atom stereocenters. The van der Waals surface area contributed by atoms with Gasteiger partial charge in [-0.1, -0.05) is 19.4 Å². The highest BCUT2D eigenvalue weighted by Crippen LogP contribution is 2.25. The number of aliphatic hydroxyl groups is 1. The van der Waals surface area contributed by atoms with Gasteiger partial charge in [-0.2, -0.15) is 0 Å². The van der Waals surface area contributed by atoms with E-state index in [2.05, 4.69) is 16.8 Å². The van der Waals surface area contributed by atoms with Crippen LogP contribution in [0.1, 0.15) is 38.3 Å². The quantitative estimate of drug-likeness (QED) is 0.868. The van der Waals surface area contributed by atoms with Gasteiger partial charge < -0.3 is 10.0 Å². The van der Waals surface area contributed by atoms with Crippen molar-refractivity contribution in [3.05, 3.63) is 30.1 Å². The summed E-state index contributed by atoms with van der Waals surface area (Å²) in [6, 6.07) is 5.91. The molecule has 0 saturated carbocycles. The van der Waals surface area contributed by atoms with Crippen LogP contribution in [0.5, 0.6) is 0 Å². The molecule has 100 valence electrons. The molecule has 3 heteroatoms. The van der Waals surface area contributed by atoms with Gasteiger partial charge in [0.05, 0.1) is 5.60 Å². The number of likely N-dealkylation sites (tertiary alicyclic amines) is 1. The summed E-state index contributed by atoms with van der Waals surface area (Å²) < 4.78 is 0. The van der Waals surface area contributed by atoms with Crippen LogP contribution in [-0.4, -0.2) is 40.2 Å². The van der Waals surface area contributed by atoms with Crippen LogP contribution in [0.3, 0.4) is 0 Å². The van der Waals surface area contributed by atoms with E-state index in [9.17, 15) is 5.11 Å². The molecule has 0 aliphatic carbocycles. The first kappa shape index (κ1) is 13.5. The molecule has 2 heterocycles. The van der Waals surface area contributed by atoms with Crippen molar-refractivity contribution >= 4 is 0 Å². The normalized spacial score (nSPS) is 19.9. The minimum atomic E-state index is -0.545. The Morgan fingerprint density at radius 3 is 2.72 bits per heavy atom. The number of piperidine rings is 1. The predicted octanol–water partition coefficient (Wildman–Crippen LogP) is 2.25. The van der Waals surface area contributed by atoms with Gasteiger partial charge in [0.25, 0.3) is 0 Å². The van der Waals surface area contributed by atoms with E-state index in [1.807, 2.05) is 18.2 Å². The molecule has 2 rings (SSSR count). The van der Waals surface area contributed by atoms with Gasteiger partial charge in [-0.3, -0.25) is 4.98 Å². The fourth-order valence-corrected chi connectivity index (χ4v) is 2.59. The van der Waals surface area contributed by atoms with E-state index < -0.39 is 5.60 Å². The maximum atomic E-state index is 10.6. The van der Waals surface area contributed by atoms with E-state index in [-0.39, 0.29) is 0 Å². The number of rotatable bonds is 5. The second-order valence-electron chi connectivity index (χ2n) is 5.42. The molecule has 0 bridgehead atoms. The Labute approximate surface area is 110 Å². The van der Waals surface area contributed by atoms with Crippen molar-refractivity contribution in [1.29, 1.82) is 0 Å². The first-order valence-electron chi connectivity index (χ1n) is 7.06. The van der Waals surface area contributed by atoms with Gasteiger partial charge in [-0.05, 0) is 37.9 Å². The summed E-state index contributed by atoms with van der Waals surface area (Å²) in [7, 11) is 0. The SMILES string of the molecule is CCCCN1CCC(O)(Cc2ccccn2)CC1. The number of aromatic nitrogens is 1. The highest BCUT2D eigenvalue weighted by molar-refractivity contribution is 5.07. The molecule has 1 fully saturated rings. The van der Waals surface area contributed by atoms with Crippen LogP contribution in [0.2, 0.25) is 0 Å². The summed E-state index contributed by atoms with van der Waals surface area (Å²) in [4.78, 5) is 6.78. The molecule has 0 aromatic carbocycles. The largest absolute Gasteiger partial charge is 0.389 e. The van der Waals surface area contributed by atoms with E-state index in [1.165, 1.54) is 19.4 Å². The van der Waals surface area contributed by atoms with Crippen LogP contribution in [-0.2, 0) is 6.42 Å². The lowest BCUT2D eigenvalue weighted by atomic mass is 9.87. The first-order valence-corrected chi connectivity index (χ1v) is 7.06. The van der Waals surface area contributed by atoms with E-state index in [4.69, 9.17) is 0 Å². The standard InChI is InChI=1S/C15H24N2O/c1-2-3-10-17-11-7-15(18,8-12-17)13-14-6-4-5-9-16-14/h4-6,9,18H,2-3,7-8,10-13H2,1H3. The fourth-order valence-electron chi connectivity index (χ4n) is 2.59. The number of hydrogen-bond acceptors (Lipinski definition) is 3. The number of unbranched alkanes of at least 4 members (excludes halogenated alkanes) is 1. The number of nitrogens with zero attached hydrogens (tertiary/aromatic N) is 2. The third-order valence-corrected chi connectivity index (χ3v) is 3.85. The second kappa shape index (κ2) is 6.30. The molecule has 1 aliphatic rings. The molecule has 1 aromatic heterocycles. The summed E-state index contributed by atoms with van der Waals surface area (Å²) in [5.41, 5.74) is 0.457. The Hall–Kier alpha value is -0.930. The molecule has 18 heavy (non-hydrogen) atoms. The number of hydrogen-bond donors (Lipinski definition) is 1. The minimum absolute atomic E-state index is 0.545. The van der Waals surface area contributed by atoms with Crippen molar-refractivity contribution in [2.45, 2.75) is 44.6 Å². The van der Waals surface area contributed by atoms with E-state index in [0.717, 1.165) is 31.6 Å². The van der Waals surface area contributed by atoms with Crippen LogP contribution >= 0.6 is 0 Å². The van der Waals surface area contributed by atoms with Crippen LogP contribution in [0.15, 0.2) is 24.4 Å². The topological polar surface area (TPSA) is 36.4 Å². The van der Waals surface area contributed by atoms with Crippen molar-refractivity contribution < 1.29 is 5.11 Å². The molecule has 0 unspecified atom stereocenters. The molecule has 1 aliphatic heterocycles. The highest BCUT2D eigenvalue weighted by Gasteiger charge is 2.32. The van der Waals surface area contributed by atoms with Crippen molar-refractivity contribution in [3.63, 3.8) is 0 Å². The molecular weight excluding hydrogens is 224 g/mol. The molecule has 1 saturated heterocycles. The monoisotopic (exact) mass is 248 g/mol. The van der Waals surface area contributed by atoms with Crippen LogP contribution < -0.4 is 0 Å². The van der Waals surface area contributed by atoms with Crippen LogP contribution in [0.25, 0.3) is 0 Å². The van der Waals surface area contributed by atoms with Gasteiger partial charge in [0, 0.05) is 31.4 Å². The van der Waals surface area contributed by atoms with Crippen LogP contribution in [0, 0.1) is 0 Å². The summed E-state index contributed by atoms with van der Waals surface area (Å²) >= 11 is 0. The lowest BCUT2D eigenvalue weighted by molar-refractivity contribution is -0.0214. The molecule has 1 N–H and O–H groups in total. The third kappa shape index (κ3) is 3.79. The van der Waals surface area contributed by atoms with Crippen molar-refractivity contribution in [1.82, 2.24) is 9.88 Å². The van der Waals surface area contributed by atoms with Gasteiger partial charge in [-0.25, -0.2) is 0 Å². The van der Waals surface area contributed by atoms with Gasteiger partial charge in [0.15, 0.2) is 0 Å². The smallest absolute Gasteiger partial charge is 0.0727 e. The van der Waals surface area contributed by atoms with Gasteiger partial charge in [-0.15, -0.1) is 0 Å². The third-order valence-electron chi connectivity index (χ3n) is 3.85. The zero-order valence-electron chi connectivity index (χ0n) is 11.3. The van der Waals surface area contributed by atoms with Crippen molar-refractivity contribution in [3.8, 4) is 0 Å². The zero-order valence-corrected chi connectivity index (χ0v) is 11.3. The lowest BCUT2D eigenvalue weighted by Gasteiger charge is -2.38. The molecular formula is C15H24N2O. The molecule has 0 spiro atoms. The van der Waals surface area contributed by atoms with Crippen molar-refractivity contribution in [2.75, 3.05) is 19.6 Å². The Bertz CT molecular complexity index is 345. The maximum absolute atomic E-state index is 10.6.